The minimum absolute atomic E-state index is 0.687. The highest BCUT2D eigenvalue weighted by Gasteiger charge is 2.19. The van der Waals surface area contributed by atoms with Crippen molar-refractivity contribution in [1.82, 2.24) is 19.9 Å². The second-order valence-corrected chi connectivity index (χ2v) is 10.3. The zero-order chi connectivity index (χ0) is 27.9. The van der Waals surface area contributed by atoms with Crippen molar-refractivity contribution in [3.05, 3.63) is 146 Å². The molecule has 4 heteroatoms. The largest absolute Gasteiger partial charge is 0.227 e. The standard InChI is InChI=1S/C38H24N4/c1-5-13-26(14-6-1)33-30-23-21-25-22-24-31-34(27-15-7-2-8-16-27)40-38(29-19-11-4-12-20-29)42-36(31)32(25)35(30)41-37(39-33)28-17-9-3-10-18-28/h1-24H. The summed E-state index contributed by atoms with van der Waals surface area (Å²) in [7, 11) is 0. The van der Waals surface area contributed by atoms with Crippen molar-refractivity contribution in [2.24, 2.45) is 0 Å². The highest BCUT2D eigenvalue weighted by atomic mass is 14.9. The molecule has 0 saturated carbocycles. The zero-order valence-electron chi connectivity index (χ0n) is 22.6. The molecule has 2 heterocycles. The van der Waals surface area contributed by atoms with E-state index in [1.165, 1.54) is 0 Å². The fourth-order valence-corrected chi connectivity index (χ4v) is 5.65. The van der Waals surface area contributed by atoms with Gasteiger partial charge in [0.15, 0.2) is 11.6 Å². The lowest BCUT2D eigenvalue weighted by Crippen LogP contribution is -1.99. The molecule has 0 saturated heterocycles. The normalized spacial score (nSPS) is 11.3. The van der Waals surface area contributed by atoms with Crippen LogP contribution in [0.4, 0.5) is 0 Å². The van der Waals surface area contributed by atoms with Gasteiger partial charge in [0.25, 0.3) is 0 Å². The molecular formula is C38H24N4. The van der Waals surface area contributed by atoms with E-state index in [0.29, 0.717) is 11.6 Å². The van der Waals surface area contributed by atoms with Crippen LogP contribution in [0.1, 0.15) is 0 Å². The molecule has 42 heavy (non-hydrogen) atoms. The summed E-state index contributed by atoms with van der Waals surface area (Å²) in [5.74, 6) is 1.37. The van der Waals surface area contributed by atoms with Crippen LogP contribution in [0, 0.1) is 0 Å². The average Bonchev–Trinajstić information content (AvgIpc) is 3.08. The van der Waals surface area contributed by atoms with Crippen LogP contribution in [0.25, 0.3) is 77.9 Å². The average molecular weight is 537 g/mol. The molecule has 0 radical (unpaired) electrons. The molecule has 0 aliphatic carbocycles. The maximum atomic E-state index is 5.24. The SMILES string of the molecule is c1ccc(-c2nc(-c3ccccc3)c3ccc4ccc5c(-c6ccccc6)nc(-c6ccccc6)nc5c4c3n2)cc1. The molecule has 0 N–H and O–H groups in total. The number of fused-ring (bicyclic) bond motifs is 5. The molecule has 0 fully saturated rings. The van der Waals surface area contributed by atoms with Gasteiger partial charge in [-0.1, -0.05) is 133 Å². The summed E-state index contributed by atoms with van der Waals surface area (Å²) < 4.78 is 0. The van der Waals surface area contributed by atoms with Crippen molar-refractivity contribution in [3.8, 4) is 45.3 Å². The third-order valence-corrected chi connectivity index (χ3v) is 7.67. The van der Waals surface area contributed by atoms with E-state index in [9.17, 15) is 0 Å². The van der Waals surface area contributed by atoms with Gasteiger partial charge in [-0.15, -0.1) is 0 Å². The monoisotopic (exact) mass is 536 g/mol. The van der Waals surface area contributed by atoms with Gasteiger partial charge in [-0.2, -0.15) is 0 Å². The van der Waals surface area contributed by atoms with Crippen LogP contribution in [0.2, 0.25) is 0 Å². The van der Waals surface area contributed by atoms with Crippen LogP contribution in [0.3, 0.4) is 0 Å². The number of benzene rings is 6. The van der Waals surface area contributed by atoms with Crippen LogP contribution >= 0.6 is 0 Å². The molecule has 0 unspecified atom stereocenters. The van der Waals surface area contributed by atoms with Crippen molar-refractivity contribution < 1.29 is 0 Å². The molecule has 6 aromatic carbocycles. The molecular weight excluding hydrogens is 512 g/mol. The van der Waals surface area contributed by atoms with Crippen LogP contribution in [-0.2, 0) is 0 Å². The van der Waals surface area contributed by atoms with Gasteiger partial charge >= 0.3 is 0 Å². The van der Waals surface area contributed by atoms with Crippen LogP contribution in [-0.4, -0.2) is 19.9 Å². The maximum absolute atomic E-state index is 5.24. The quantitative estimate of drug-likeness (QED) is 0.210. The lowest BCUT2D eigenvalue weighted by atomic mass is 9.97. The third-order valence-electron chi connectivity index (χ3n) is 7.67. The van der Waals surface area contributed by atoms with Crippen molar-refractivity contribution in [1.29, 1.82) is 0 Å². The lowest BCUT2D eigenvalue weighted by Gasteiger charge is -2.15. The second-order valence-electron chi connectivity index (χ2n) is 10.3. The van der Waals surface area contributed by atoms with Gasteiger partial charge in [0.2, 0.25) is 0 Å². The van der Waals surface area contributed by atoms with E-state index in [2.05, 4.69) is 72.8 Å². The first-order chi connectivity index (χ1) is 20.8. The highest BCUT2D eigenvalue weighted by molar-refractivity contribution is 6.21. The fraction of sp³-hybridized carbons (Fsp3) is 0. The van der Waals surface area contributed by atoms with E-state index in [1.807, 2.05) is 72.8 Å². The molecule has 0 aliphatic rings. The second kappa shape index (κ2) is 10.0. The highest BCUT2D eigenvalue weighted by Crippen LogP contribution is 2.38. The van der Waals surface area contributed by atoms with E-state index < -0.39 is 0 Å². The summed E-state index contributed by atoms with van der Waals surface area (Å²) in [6.07, 6.45) is 0. The molecule has 0 spiro atoms. The van der Waals surface area contributed by atoms with E-state index in [1.54, 1.807) is 0 Å². The Morgan fingerprint density at radius 1 is 0.310 bits per heavy atom. The molecule has 0 aliphatic heterocycles. The Morgan fingerprint density at radius 3 is 1.05 bits per heavy atom. The molecule has 0 atom stereocenters. The number of nitrogens with zero attached hydrogens (tertiary/aromatic N) is 4. The van der Waals surface area contributed by atoms with Gasteiger partial charge in [0.05, 0.1) is 22.4 Å². The summed E-state index contributed by atoms with van der Waals surface area (Å²) in [6, 6.07) is 49.6. The molecule has 0 bridgehead atoms. The fourth-order valence-electron chi connectivity index (χ4n) is 5.65. The van der Waals surface area contributed by atoms with Crippen molar-refractivity contribution in [2.45, 2.75) is 0 Å². The van der Waals surface area contributed by atoms with E-state index in [4.69, 9.17) is 19.9 Å². The van der Waals surface area contributed by atoms with Crippen molar-refractivity contribution in [2.75, 3.05) is 0 Å². The number of rotatable bonds is 4. The van der Waals surface area contributed by atoms with Crippen LogP contribution in [0.5, 0.6) is 0 Å². The van der Waals surface area contributed by atoms with E-state index >= 15 is 0 Å². The van der Waals surface area contributed by atoms with Gasteiger partial charge in [-0.05, 0) is 17.5 Å². The van der Waals surface area contributed by atoms with Gasteiger partial charge in [0, 0.05) is 38.4 Å². The number of hydrogen-bond donors (Lipinski definition) is 0. The summed E-state index contributed by atoms with van der Waals surface area (Å²) in [5.41, 5.74) is 7.59. The molecule has 196 valence electrons. The molecule has 8 aromatic rings. The third kappa shape index (κ3) is 4.09. The minimum atomic E-state index is 0.687. The van der Waals surface area contributed by atoms with Gasteiger partial charge in [0.1, 0.15) is 0 Å². The summed E-state index contributed by atoms with van der Waals surface area (Å²) >= 11 is 0. The van der Waals surface area contributed by atoms with Crippen LogP contribution < -0.4 is 0 Å². The van der Waals surface area contributed by atoms with Crippen molar-refractivity contribution >= 4 is 32.6 Å². The molecule has 0 amide bonds. The molecule has 2 aromatic heterocycles. The summed E-state index contributed by atoms with van der Waals surface area (Å²) in [5, 5.41) is 4.05. The van der Waals surface area contributed by atoms with Gasteiger partial charge in [-0.3, -0.25) is 0 Å². The number of aromatic nitrogens is 4. The van der Waals surface area contributed by atoms with Gasteiger partial charge < -0.3 is 0 Å². The summed E-state index contributed by atoms with van der Waals surface area (Å²) in [4.78, 5) is 20.7. The Morgan fingerprint density at radius 2 is 0.667 bits per heavy atom. The summed E-state index contributed by atoms with van der Waals surface area (Å²) in [6.45, 7) is 0. The van der Waals surface area contributed by atoms with E-state index in [0.717, 1.165) is 66.2 Å². The zero-order valence-corrected chi connectivity index (χ0v) is 22.6. The Bertz CT molecular complexity index is 2060. The number of hydrogen-bond acceptors (Lipinski definition) is 4. The predicted molar refractivity (Wildman–Crippen MR) is 172 cm³/mol. The molecule has 8 rings (SSSR count). The van der Waals surface area contributed by atoms with E-state index in [-0.39, 0.29) is 0 Å². The van der Waals surface area contributed by atoms with Crippen LogP contribution in [0.15, 0.2) is 146 Å². The Kier molecular flexibility index (Phi) is 5.75. The van der Waals surface area contributed by atoms with Gasteiger partial charge in [-0.25, -0.2) is 19.9 Å². The first-order valence-corrected chi connectivity index (χ1v) is 14.0. The Labute approximate surface area is 243 Å². The Hall–Kier alpha value is -5.74. The predicted octanol–water partition coefficient (Wildman–Crippen LogP) is 9.39. The Balaban J connectivity index is 1.54. The first kappa shape index (κ1) is 24.1. The first-order valence-electron chi connectivity index (χ1n) is 14.0. The molecule has 4 nitrogen and oxygen atoms in total. The van der Waals surface area contributed by atoms with Crippen molar-refractivity contribution in [3.63, 3.8) is 0 Å². The topological polar surface area (TPSA) is 51.6 Å². The lowest BCUT2D eigenvalue weighted by molar-refractivity contribution is 1.23. The smallest absolute Gasteiger partial charge is 0.160 e. The maximum Gasteiger partial charge on any atom is 0.160 e. The minimum Gasteiger partial charge on any atom is -0.227 e.